The van der Waals surface area contributed by atoms with Crippen molar-refractivity contribution >= 4 is 5.97 Å². The van der Waals surface area contributed by atoms with Crippen LogP contribution in [-0.2, 0) is 17.8 Å². The second-order valence-corrected chi connectivity index (χ2v) is 6.27. The summed E-state index contributed by atoms with van der Waals surface area (Å²) in [7, 11) is 0. The van der Waals surface area contributed by atoms with Gasteiger partial charge < -0.3 is 10.4 Å². The van der Waals surface area contributed by atoms with Crippen LogP contribution in [0.5, 0.6) is 0 Å². The summed E-state index contributed by atoms with van der Waals surface area (Å²) in [5.74, 6) is 0.174. The molecule has 1 aliphatic rings. The molecule has 3 nitrogen and oxygen atoms in total. The van der Waals surface area contributed by atoms with E-state index in [1.807, 2.05) is 24.3 Å². The molecule has 0 amide bonds. The molecule has 1 aliphatic carbocycles. The second-order valence-electron chi connectivity index (χ2n) is 6.27. The molecule has 0 atom stereocenters. The first-order valence-electron chi connectivity index (χ1n) is 8.20. The minimum absolute atomic E-state index is 0.106. The number of carboxylic acids is 1. The lowest BCUT2D eigenvalue weighted by Crippen LogP contribution is -2.32. The quantitative estimate of drug-likeness (QED) is 0.803. The van der Waals surface area contributed by atoms with E-state index in [-0.39, 0.29) is 6.42 Å². The molecular formula is C18H27NO2. The van der Waals surface area contributed by atoms with Gasteiger partial charge in [-0.25, -0.2) is 0 Å². The number of rotatable bonds is 7. The minimum Gasteiger partial charge on any atom is -0.481 e. The Morgan fingerprint density at radius 3 is 2.33 bits per heavy atom. The van der Waals surface area contributed by atoms with Crippen LogP contribution in [0.15, 0.2) is 24.3 Å². The average molecular weight is 289 g/mol. The van der Waals surface area contributed by atoms with Crippen molar-refractivity contribution in [1.29, 1.82) is 0 Å². The third-order valence-electron chi connectivity index (χ3n) is 4.52. The Morgan fingerprint density at radius 1 is 1.14 bits per heavy atom. The van der Waals surface area contributed by atoms with Gasteiger partial charge >= 0.3 is 5.97 Å². The van der Waals surface area contributed by atoms with E-state index in [0.29, 0.717) is 6.04 Å². The van der Waals surface area contributed by atoms with Gasteiger partial charge in [-0.15, -0.1) is 0 Å². The van der Waals surface area contributed by atoms with Crippen molar-refractivity contribution < 1.29 is 9.90 Å². The lowest BCUT2D eigenvalue weighted by atomic mass is 9.83. The monoisotopic (exact) mass is 289 g/mol. The van der Waals surface area contributed by atoms with E-state index in [2.05, 4.69) is 12.2 Å². The summed E-state index contributed by atoms with van der Waals surface area (Å²) in [6.45, 7) is 3.16. The van der Waals surface area contributed by atoms with E-state index in [4.69, 9.17) is 5.11 Å². The van der Waals surface area contributed by atoms with E-state index in [1.165, 1.54) is 44.1 Å². The van der Waals surface area contributed by atoms with Crippen LogP contribution >= 0.6 is 0 Å². The molecule has 1 fully saturated rings. The molecule has 1 aromatic rings. The van der Waals surface area contributed by atoms with Crippen molar-refractivity contribution in [3.8, 4) is 0 Å². The maximum Gasteiger partial charge on any atom is 0.307 e. The van der Waals surface area contributed by atoms with Gasteiger partial charge in [0.25, 0.3) is 0 Å². The lowest BCUT2D eigenvalue weighted by molar-refractivity contribution is -0.136. The average Bonchev–Trinajstić information content (AvgIpc) is 2.48. The molecule has 0 spiro atoms. The topological polar surface area (TPSA) is 49.3 Å². The molecule has 2 N–H and O–H groups in total. The number of hydrogen-bond donors (Lipinski definition) is 2. The van der Waals surface area contributed by atoms with Gasteiger partial charge in [-0.2, -0.15) is 0 Å². The summed E-state index contributed by atoms with van der Waals surface area (Å²) in [5, 5.41) is 12.4. The van der Waals surface area contributed by atoms with Crippen LogP contribution in [0.2, 0.25) is 0 Å². The number of hydrogen-bond acceptors (Lipinski definition) is 2. The Kier molecular flexibility index (Phi) is 6.24. The molecule has 0 aliphatic heterocycles. The van der Waals surface area contributed by atoms with Gasteiger partial charge in [-0.1, -0.05) is 44.0 Å². The molecular weight excluding hydrogens is 262 g/mol. The number of carbonyl (C=O) groups is 1. The van der Waals surface area contributed by atoms with Crippen LogP contribution < -0.4 is 5.32 Å². The fourth-order valence-electron chi connectivity index (χ4n) is 3.28. The maximum atomic E-state index is 10.6. The van der Waals surface area contributed by atoms with E-state index >= 15 is 0 Å². The number of aliphatic carboxylic acids is 1. The van der Waals surface area contributed by atoms with Crippen molar-refractivity contribution in [2.75, 3.05) is 0 Å². The smallest absolute Gasteiger partial charge is 0.307 e. The zero-order valence-corrected chi connectivity index (χ0v) is 13.0. The highest BCUT2D eigenvalue weighted by Crippen LogP contribution is 2.27. The molecule has 2 rings (SSSR count). The van der Waals surface area contributed by atoms with E-state index in [0.717, 1.165) is 18.0 Å². The Labute approximate surface area is 127 Å². The summed E-state index contributed by atoms with van der Waals surface area (Å²) >= 11 is 0. The van der Waals surface area contributed by atoms with Crippen molar-refractivity contribution in [2.24, 2.45) is 5.92 Å². The molecule has 21 heavy (non-hydrogen) atoms. The third kappa shape index (κ3) is 5.50. The van der Waals surface area contributed by atoms with Crippen molar-refractivity contribution in [2.45, 2.75) is 64.5 Å². The van der Waals surface area contributed by atoms with E-state index < -0.39 is 5.97 Å². The Morgan fingerprint density at radius 2 is 1.76 bits per heavy atom. The number of benzene rings is 1. The molecule has 0 unspecified atom stereocenters. The molecule has 116 valence electrons. The van der Waals surface area contributed by atoms with Crippen LogP contribution in [0.25, 0.3) is 0 Å². The van der Waals surface area contributed by atoms with E-state index in [9.17, 15) is 4.79 Å². The van der Waals surface area contributed by atoms with Gasteiger partial charge in [0.1, 0.15) is 0 Å². The highest BCUT2D eigenvalue weighted by molar-refractivity contribution is 5.70. The molecule has 3 heteroatoms. The standard InChI is InChI=1S/C18H27NO2/c1-2-3-14-8-10-17(11-9-14)19-13-16-6-4-15(5-7-16)12-18(20)21/h4-7,14,17,19H,2-3,8-13H2,1H3,(H,20,21). The summed E-state index contributed by atoms with van der Waals surface area (Å²) in [6.07, 6.45) is 8.12. The molecule has 0 bridgehead atoms. The van der Waals surface area contributed by atoms with E-state index in [1.54, 1.807) is 0 Å². The highest BCUT2D eigenvalue weighted by atomic mass is 16.4. The number of nitrogens with one attached hydrogen (secondary N) is 1. The molecule has 0 heterocycles. The van der Waals surface area contributed by atoms with Gasteiger partial charge in [0.05, 0.1) is 6.42 Å². The summed E-state index contributed by atoms with van der Waals surface area (Å²) in [5.41, 5.74) is 2.10. The SMILES string of the molecule is CCCC1CCC(NCc2ccc(CC(=O)O)cc2)CC1. The van der Waals surface area contributed by atoms with Gasteiger partial charge in [0, 0.05) is 12.6 Å². The van der Waals surface area contributed by atoms with Gasteiger partial charge in [0.2, 0.25) is 0 Å². The second kappa shape index (κ2) is 8.18. The zero-order valence-electron chi connectivity index (χ0n) is 13.0. The summed E-state index contributed by atoms with van der Waals surface area (Å²) in [6, 6.07) is 8.56. The summed E-state index contributed by atoms with van der Waals surface area (Å²) in [4.78, 5) is 10.6. The zero-order chi connectivity index (χ0) is 15.1. The molecule has 0 saturated heterocycles. The first-order valence-corrected chi connectivity index (χ1v) is 8.20. The number of carboxylic acid groups (broad SMARTS) is 1. The van der Waals surface area contributed by atoms with Crippen molar-refractivity contribution in [3.63, 3.8) is 0 Å². The first kappa shape index (κ1) is 16.0. The fraction of sp³-hybridized carbons (Fsp3) is 0.611. The van der Waals surface area contributed by atoms with Crippen LogP contribution in [0, 0.1) is 5.92 Å². The minimum atomic E-state index is -0.773. The first-order chi connectivity index (χ1) is 10.2. The fourth-order valence-corrected chi connectivity index (χ4v) is 3.28. The van der Waals surface area contributed by atoms with Crippen LogP contribution in [0.3, 0.4) is 0 Å². The third-order valence-corrected chi connectivity index (χ3v) is 4.52. The molecule has 1 saturated carbocycles. The lowest BCUT2D eigenvalue weighted by Gasteiger charge is -2.29. The van der Waals surface area contributed by atoms with Gasteiger partial charge in [0.15, 0.2) is 0 Å². The summed E-state index contributed by atoms with van der Waals surface area (Å²) < 4.78 is 0. The van der Waals surface area contributed by atoms with Crippen molar-refractivity contribution in [3.05, 3.63) is 35.4 Å². The molecule has 0 aromatic heterocycles. The normalized spacial score (nSPS) is 22.1. The molecule has 0 radical (unpaired) electrons. The predicted molar refractivity (Wildman–Crippen MR) is 85.3 cm³/mol. The highest BCUT2D eigenvalue weighted by Gasteiger charge is 2.19. The van der Waals surface area contributed by atoms with Gasteiger partial charge in [-0.05, 0) is 42.7 Å². The Bertz CT molecular complexity index is 433. The molecule has 1 aromatic carbocycles. The van der Waals surface area contributed by atoms with Crippen LogP contribution in [0.1, 0.15) is 56.6 Å². The van der Waals surface area contributed by atoms with Crippen molar-refractivity contribution in [1.82, 2.24) is 5.32 Å². The maximum absolute atomic E-state index is 10.6. The Hall–Kier alpha value is -1.35. The predicted octanol–water partition coefficient (Wildman–Crippen LogP) is 3.76. The van der Waals surface area contributed by atoms with Crippen LogP contribution in [0.4, 0.5) is 0 Å². The van der Waals surface area contributed by atoms with Gasteiger partial charge in [-0.3, -0.25) is 4.79 Å². The largest absolute Gasteiger partial charge is 0.481 e. The Balaban J connectivity index is 1.72. The van der Waals surface area contributed by atoms with Crippen LogP contribution in [-0.4, -0.2) is 17.1 Å².